The van der Waals surface area contributed by atoms with Crippen LogP contribution in [0.1, 0.15) is 34.7 Å². The molecule has 0 atom stereocenters. The fourth-order valence-corrected chi connectivity index (χ4v) is 9.40. The van der Waals surface area contributed by atoms with Gasteiger partial charge in [0, 0.05) is 42.6 Å². The summed E-state index contributed by atoms with van der Waals surface area (Å²) in [6.45, 7) is 2.23. The first-order chi connectivity index (χ1) is 31.5. The zero-order chi connectivity index (χ0) is 44.5. The van der Waals surface area contributed by atoms with Crippen LogP contribution in [-0.2, 0) is 26.5 Å². The number of aromatic hydroxyl groups is 1. The van der Waals surface area contributed by atoms with E-state index in [1.165, 1.54) is 16.7 Å². The van der Waals surface area contributed by atoms with E-state index in [0.29, 0.717) is 16.9 Å². The van der Waals surface area contributed by atoms with Crippen molar-refractivity contribution in [2.24, 2.45) is 0 Å². The maximum atomic E-state index is 11.5. The quantitative estimate of drug-likeness (QED) is 0.162. The molecule has 0 unspecified atom stereocenters. The Balaban J connectivity index is 0.00000511. The standard InChI is InChI=1S/C58H42N3O.Pt/c1-37-25-30-52(47(33-37)41-17-8-5-9-18-41)61-53-23-14-21-45(56(53)60-57(61)46-20-11-13-24-54(46)62)49-35-43(34-48-44-19-10-12-22-50(44)58(2,3)55(48)49)51-36-42(31-32-59-51)40-28-26-39(27-29-40)38-15-6-4-7-16-38;/h4-34,36,62H,1-3H3;/q-1;/i1D3;. The Kier molecular flexibility index (Phi) is 9.25. The monoisotopic (exact) mass is 994 g/mol. The van der Waals surface area contributed by atoms with Crippen LogP contribution in [0.15, 0.2) is 194 Å². The number of phenols is 1. The first-order valence-corrected chi connectivity index (χ1v) is 20.9. The third kappa shape index (κ3) is 6.83. The van der Waals surface area contributed by atoms with Crippen molar-refractivity contribution in [2.45, 2.75) is 26.1 Å². The third-order valence-electron chi connectivity index (χ3n) is 12.4. The minimum Gasteiger partial charge on any atom is -0.507 e. The van der Waals surface area contributed by atoms with Crippen LogP contribution in [0, 0.1) is 12.9 Å². The molecule has 1 N–H and O–H groups in total. The van der Waals surface area contributed by atoms with Crippen LogP contribution < -0.4 is 0 Å². The molecule has 2 heterocycles. The summed E-state index contributed by atoms with van der Waals surface area (Å²) in [7, 11) is 0. The third-order valence-corrected chi connectivity index (χ3v) is 12.4. The summed E-state index contributed by atoms with van der Waals surface area (Å²) >= 11 is 0. The molecule has 0 spiro atoms. The molecule has 10 aromatic rings. The van der Waals surface area contributed by atoms with Crippen LogP contribution in [0.25, 0.3) is 95.0 Å². The van der Waals surface area contributed by atoms with Gasteiger partial charge < -0.3 is 5.11 Å². The summed E-state index contributed by atoms with van der Waals surface area (Å²) in [5.41, 5.74) is 16.8. The Bertz CT molecular complexity index is 3450. The van der Waals surface area contributed by atoms with E-state index >= 15 is 0 Å². The van der Waals surface area contributed by atoms with Crippen LogP contribution in [-0.4, -0.2) is 19.6 Å². The molecule has 4 nitrogen and oxygen atoms in total. The van der Waals surface area contributed by atoms with Gasteiger partial charge in [-0.15, -0.1) is 17.7 Å². The molecule has 0 aliphatic heterocycles. The smallest absolute Gasteiger partial charge is 0.148 e. The molecule has 0 saturated heterocycles. The molecule has 0 radical (unpaired) electrons. The summed E-state index contributed by atoms with van der Waals surface area (Å²) in [5.74, 6) is 0.602. The van der Waals surface area contributed by atoms with Gasteiger partial charge >= 0.3 is 0 Å². The maximum absolute atomic E-state index is 11.5. The Labute approximate surface area is 386 Å². The number of phenolic OH excluding ortho intramolecular Hbond substituents is 1. The van der Waals surface area contributed by atoms with Gasteiger partial charge in [-0.1, -0.05) is 187 Å². The number of imidazole rings is 1. The zero-order valence-electron chi connectivity index (χ0n) is 37.6. The largest absolute Gasteiger partial charge is 0.507 e. The number of benzene rings is 8. The summed E-state index contributed by atoms with van der Waals surface area (Å²) in [4.78, 5) is 10.4. The van der Waals surface area contributed by atoms with E-state index < -0.39 is 6.85 Å². The van der Waals surface area contributed by atoms with Gasteiger partial charge in [-0.2, -0.15) is 0 Å². The van der Waals surface area contributed by atoms with Crippen LogP contribution in [0.5, 0.6) is 5.75 Å². The first kappa shape index (κ1) is 36.5. The van der Waals surface area contributed by atoms with Gasteiger partial charge in [-0.25, -0.2) is 4.98 Å². The van der Waals surface area contributed by atoms with Crippen molar-refractivity contribution in [3.63, 3.8) is 0 Å². The molecule has 0 fully saturated rings. The average Bonchev–Trinajstić information content (AvgIpc) is 3.84. The van der Waals surface area contributed by atoms with E-state index in [2.05, 4.69) is 122 Å². The van der Waals surface area contributed by atoms with Gasteiger partial charge in [0.1, 0.15) is 11.6 Å². The summed E-state index contributed by atoms with van der Waals surface area (Å²) in [6, 6.07) is 66.5. The van der Waals surface area contributed by atoms with Crippen LogP contribution >= 0.6 is 0 Å². The van der Waals surface area contributed by atoms with E-state index in [1.807, 2.05) is 72.9 Å². The number of rotatable bonds is 7. The Morgan fingerprint density at radius 1 is 0.571 bits per heavy atom. The molecule has 306 valence electrons. The van der Waals surface area contributed by atoms with Crippen molar-refractivity contribution in [2.75, 3.05) is 0 Å². The maximum Gasteiger partial charge on any atom is 0.148 e. The van der Waals surface area contributed by atoms with E-state index in [1.54, 1.807) is 24.3 Å². The first-order valence-electron chi connectivity index (χ1n) is 22.4. The number of aromatic nitrogens is 3. The van der Waals surface area contributed by atoms with Gasteiger partial charge in [0.2, 0.25) is 0 Å². The Hall–Kier alpha value is -7.13. The predicted molar refractivity (Wildman–Crippen MR) is 254 cm³/mol. The van der Waals surface area contributed by atoms with Gasteiger partial charge in [0.15, 0.2) is 0 Å². The van der Waals surface area contributed by atoms with Gasteiger partial charge in [0.05, 0.1) is 22.3 Å². The topological polar surface area (TPSA) is 50.9 Å². The SMILES string of the molecule is [2H]C([2H])([2H])c1ccc(-n2c(-c3ccccc3O)nc3c(-c4[c-]c(-c5cc(-c6ccc(-c7ccccc7)cc6)ccn5)cc5c4C(C)(C)c4ccccc4-5)cccc32)c(-c2ccccc2)c1.[Pt]. The normalized spacial score (nSPS) is 13.3. The number of aryl methyl sites for hydroxylation is 1. The van der Waals surface area contributed by atoms with E-state index in [4.69, 9.17) is 14.1 Å². The van der Waals surface area contributed by atoms with Gasteiger partial charge in [0.25, 0.3) is 0 Å². The van der Waals surface area contributed by atoms with Crippen LogP contribution in [0.4, 0.5) is 0 Å². The minimum absolute atomic E-state index is 0. The van der Waals surface area contributed by atoms with Crippen molar-refractivity contribution in [1.82, 2.24) is 14.5 Å². The van der Waals surface area contributed by atoms with E-state index in [9.17, 15) is 5.11 Å². The van der Waals surface area contributed by atoms with Gasteiger partial charge in [-0.05, 0) is 87.6 Å². The number of pyridine rings is 1. The molecular formula is C58H42N3OPt-. The fourth-order valence-electron chi connectivity index (χ4n) is 9.40. The predicted octanol–water partition coefficient (Wildman–Crippen LogP) is 14.5. The van der Waals surface area contributed by atoms with Gasteiger partial charge in [-0.3, -0.25) is 9.55 Å². The number of nitrogens with zero attached hydrogens (tertiary/aromatic N) is 3. The minimum atomic E-state index is -2.32. The van der Waals surface area contributed by atoms with Crippen LogP contribution in [0.3, 0.4) is 0 Å². The second-order valence-electron chi connectivity index (χ2n) is 16.4. The van der Waals surface area contributed by atoms with Crippen molar-refractivity contribution in [1.29, 1.82) is 0 Å². The summed E-state index contributed by atoms with van der Waals surface area (Å²) in [6.07, 6.45) is 1.87. The molecule has 0 amide bonds. The van der Waals surface area contributed by atoms with Crippen molar-refractivity contribution in [3.8, 4) is 89.7 Å². The van der Waals surface area contributed by atoms with Crippen molar-refractivity contribution < 1.29 is 30.3 Å². The molecule has 2 aromatic heterocycles. The molecule has 0 saturated carbocycles. The molecular weight excluding hydrogens is 950 g/mol. The molecule has 63 heavy (non-hydrogen) atoms. The fraction of sp³-hybridized carbons (Fsp3) is 0.0690. The second kappa shape index (κ2) is 16.0. The van der Waals surface area contributed by atoms with E-state index in [0.717, 1.165) is 72.5 Å². The average molecular weight is 995 g/mol. The molecule has 5 heteroatoms. The Morgan fingerprint density at radius 2 is 1.22 bits per heavy atom. The van der Waals surface area contributed by atoms with E-state index in [-0.39, 0.29) is 37.8 Å². The molecule has 11 rings (SSSR count). The second-order valence-corrected chi connectivity index (χ2v) is 16.4. The van der Waals surface area contributed by atoms with Crippen molar-refractivity contribution in [3.05, 3.63) is 217 Å². The molecule has 0 bridgehead atoms. The zero-order valence-corrected chi connectivity index (χ0v) is 36.9. The number of para-hydroxylation sites is 2. The number of hydrogen-bond donors (Lipinski definition) is 1. The molecule has 1 aliphatic carbocycles. The molecule has 1 aliphatic rings. The van der Waals surface area contributed by atoms with Crippen LogP contribution in [0.2, 0.25) is 0 Å². The number of hydrogen-bond acceptors (Lipinski definition) is 3. The summed E-state index contributed by atoms with van der Waals surface area (Å²) in [5, 5.41) is 11.5. The Morgan fingerprint density at radius 3 is 1.97 bits per heavy atom. The molecule has 8 aromatic carbocycles. The summed E-state index contributed by atoms with van der Waals surface area (Å²) < 4.78 is 27.0. The van der Waals surface area contributed by atoms with Crippen molar-refractivity contribution >= 4 is 11.0 Å². The number of fused-ring (bicyclic) bond motifs is 4.